The summed E-state index contributed by atoms with van der Waals surface area (Å²) >= 11 is 0. The first-order chi connectivity index (χ1) is 13.5. The Labute approximate surface area is 164 Å². The van der Waals surface area contributed by atoms with Gasteiger partial charge in [0.1, 0.15) is 11.4 Å². The van der Waals surface area contributed by atoms with Crippen LogP contribution in [-0.2, 0) is 16.1 Å². The number of imide groups is 1. The molecule has 0 aromatic heterocycles. The van der Waals surface area contributed by atoms with E-state index >= 15 is 0 Å². The third-order valence-corrected chi connectivity index (χ3v) is 6.05. The lowest BCUT2D eigenvalue weighted by atomic mass is 9.98. The maximum atomic E-state index is 13.1. The Hall–Kier alpha value is -2.44. The van der Waals surface area contributed by atoms with Gasteiger partial charge in [0, 0.05) is 25.6 Å². The molecule has 3 fully saturated rings. The number of amides is 4. The quantitative estimate of drug-likeness (QED) is 0.732. The molecule has 1 heterocycles. The van der Waals surface area contributed by atoms with Crippen LogP contribution in [0.25, 0.3) is 0 Å². The van der Waals surface area contributed by atoms with E-state index in [1.54, 1.807) is 12.1 Å². The minimum Gasteiger partial charge on any atom is -0.335 e. The lowest BCUT2D eigenvalue weighted by molar-refractivity contribution is -0.134. The molecule has 0 atom stereocenters. The van der Waals surface area contributed by atoms with Gasteiger partial charge in [0.25, 0.3) is 5.91 Å². The van der Waals surface area contributed by atoms with E-state index in [0.29, 0.717) is 32.2 Å². The molecule has 28 heavy (non-hydrogen) atoms. The Balaban J connectivity index is 1.31. The Bertz CT molecular complexity index is 770. The van der Waals surface area contributed by atoms with Crippen molar-refractivity contribution in [2.75, 3.05) is 6.54 Å². The summed E-state index contributed by atoms with van der Waals surface area (Å²) in [5.41, 5.74) is 0.211. The minimum atomic E-state index is -0.691. The summed E-state index contributed by atoms with van der Waals surface area (Å²) in [4.78, 5) is 40.7. The van der Waals surface area contributed by atoms with Gasteiger partial charge in [0.15, 0.2) is 0 Å². The number of hydrogen-bond acceptors (Lipinski definition) is 3. The highest BCUT2D eigenvalue weighted by atomic mass is 19.1. The second-order valence-electron chi connectivity index (χ2n) is 8.16. The minimum absolute atomic E-state index is 0.0226. The molecule has 1 saturated heterocycles. The fourth-order valence-corrected chi connectivity index (χ4v) is 4.32. The van der Waals surface area contributed by atoms with Crippen molar-refractivity contribution in [2.24, 2.45) is 0 Å². The van der Waals surface area contributed by atoms with Gasteiger partial charge in [0.2, 0.25) is 5.91 Å². The number of nitrogens with one attached hydrogen (secondary N) is 1. The number of benzene rings is 1. The molecule has 2 saturated carbocycles. The Morgan fingerprint density at radius 1 is 1.18 bits per heavy atom. The molecular formula is C21H26FN3O3. The number of carbonyl (C=O) groups is 3. The highest BCUT2D eigenvalue weighted by Gasteiger charge is 2.52. The first-order valence-electron chi connectivity index (χ1n) is 10.2. The number of halogens is 1. The molecule has 1 aliphatic heterocycles. The van der Waals surface area contributed by atoms with Crippen molar-refractivity contribution in [2.45, 2.75) is 69.5 Å². The molecular weight excluding hydrogens is 361 g/mol. The van der Waals surface area contributed by atoms with E-state index in [0.717, 1.165) is 31.2 Å². The molecule has 0 bridgehead atoms. The zero-order valence-corrected chi connectivity index (χ0v) is 16.0. The van der Waals surface area contributed by atoms with Gasteiger partial charge in [-0.05, 0) is 49.8 Å². The van der Waals surface area contributed by atoms with E-state index < -0.39 is 5.54 Å². The average Bonchev–Trinajstić information content (AvgIpc) is 3.36. The monoisotopic (exact) mass is 387 g/mol. The van der Waals surface area contributed by atoms with Crippen molar-refractivity contribution in [3.05, 3.63) is 35.6 Å². The van der Waals surface area contributed by atoms with E-state index in [9.17, 15) is 18.8 Å². The number of rotatable bonds is 7. The van der Waals surface area contributed by atoms with Gasteiger partial charge in [-0.2, -0.15) is 0 Å². The van der Waals surface area contributed by atoms with Gasteiger partial charge in [-0.1, -0.05) is 25.0 Å². The Morgan fingerprint density at radius 2 is 1.86 bits per heavy atom. The van der Waals surface area contributed by atoms with E-state index in [4.69, 9.17) is 0 Å². The molecule has 7 heteroatoms. The molecule has 1 N–H and O–H groups in total. The van der Waals surface area contributed by atoms with Crippen molar-refractivity contribution in [1.29, 1.82) is 0 Å². The molecule has 4 amide bonds. The van der Waals surface area contributed by atoms with Crippen LogP contribution < -0.4 is 5.32 Å². The highest BCUT2D eigenvalue weighted by Crippen LogP contribution is 2.35. The van der Waals surface area contributed by atoms with Gasteiger partial charge >= 0.3 is 6.03 Å². The SMILES string of the molecule is O=C1NC2(CCCC2)C(=O)N1CCCC(=O)N(Cc1ccc(F)cc1)C1CC1. The van der Waals surface area contributed by atoms with E-state index in [1.165, 1.54) is 17.0 Å². The smallest absolute Gasteiger partial charge is 0.325 e. The van der Waals surface area contributed by atoms with Crippen LogP contribution in [0.15, 0.2) is 24.3 Å². The number of hydrogen-bond donors (Lipinski definition) is 1. The third-order valence-electron chi connectivity index (χ3n) is 6.05. The lowest BCUT2D eigenvalue weighted by Crippen LogP contribution is -2.44. The summed E-state index contributed by atoms with van der Waals surface area (Å²) in [5.74, 6) is -0.399. The van der Waals surface area contributed by atoms with Crippen LogP contribution >= 0.6 is 0 Å². The van der Waals surface area contributed by atoms with Crippen molar-refractivity contribution in [3.63, 3.8) is 0 Å². The molecule has 1 aromatic carbocycles. The lowest BCUT2D eigenvalue weighted by Gasteiger charge is -2.23. The van der Waals surface area contributed by atoms with Crippen LogP contribution in [0.5, 0.6) is 0 Å². The highest BCUT2D eigenvalue weighted by molar-refractivity contribution is 6.07. The molecule has 0 unspecified atom stereocenters. The van der Waals surface area contributed by atoms with Gasteiger partial charge in [-0.3, -0.25) is 14.5 Å². The first kappa shape index (κ1) is 18.9. The van der Waals surface area contributed by atoms with Crippen LogP contribution in [0, 0.1) is 5.82 Å². The molecule has 1 aromatic rings. The van der Waals surface area contributed by atoms with Crippen LogP contribution in [0.1, 0.15) is 56.9 Å². The third kappa shape index (κ3) is 3.75. The van der Waals surface area contributed by atoms with Crippen LogP contribution in [0.2, 0.25) is 0 Å². The topological polar surface area (TPSA) is 69.7 Å². The Kier molecular flexibility index (Phi) is 5.08. The summed E-state index contributed by atoms with van der Waals surface area (Å²) in [6, 6.07) is 6.13. The summed E-state index contributed by atoms with van der Waals surface area (Å²) in [6.45, 7) is 0.739. The maximum Gasteiger partial charge on any atom is 0.325 e. The van der Waals surface area contributed by atoms with Crippen molar-refractivity contribution in [3.8, 4) is 0 Å². The molecule has 6 nitrogen and oxygen atoms in total. The second-order valence-corrected chi connectivity index (χ2v) is 8.16. The molecule has 1 spiro atoms. The molecule has 3 aliphatic rings. The summed E-state index contributed by atoms with van der Waals surface area (Å²) in [6.07, 6.45) is 6.06. The average molecular weight is 387 g/mol. The molecule has 150 valence electrons. The van der Waals surface area contributed by atoms with Crippen LogP contribution in [0.4, 0.5) is 9.18 Å². The molecule has 2 aliphatic carbocycles. The summed E-state index contributed by atoms with van der Waals surface area (Å²) in [7, 11) is 0. The predicted molar refractivity (Wildman–Crippen MR) is 101 cm³/mol. The van der Waals surface area contributed by atoms with Crippen molar-refractivity contribution < 1.29 is 18.8 Å². The number of urea groups is 1. The first-order valence-corrected chi connectivity index (χ1v) is 10.2. The molecule has 4 rings (SSSR count). The normalized spacial score (nSPS) is 20.7. The van der Waals surface area contributed by atoms with Crippen molar-refractivity contribution in [1.82, 2.24) is 15.1 Å². The number of nitrogens with zero attached hydrogens (tertiary/aromatic N) is 2. The summed E-state index contributed by atoms with van der Waals surface area (Å²) < 4.78 is 13.1. The summed E-state index contributed by atoms with van der Waals surface area (Å²) in [5, 5.41) is 2.87. The molecule has 0 radical (unpaired) electrons. The zero-order chi connectivity index (χ0) is 19.7. The fourth-order valence-electron chi connectivity index (χ4n) is 4.32. The van der Waals surface area contributed by atoms with Gasteiger partial charge in [-0.25, -0.2) is 9.18 Å². The fraction of sp³-hybridized carbons (Fsp3) is 0.571. The maximum absolute atomic E-state index is 13.1. The van der Waals surface area contributed by atoms with Crippen molar-refractivity contribution >= 4 is 17.8 Å². The second kappa shape index (κ2) is 7.53. The van der Waals surface area contributed by atoms with E-state index in [2.05, 4.69) is 5.32 Å². The van der Waals surface area contributed by atoms with Gasteiger partial charge in [-0.15, -0.1) is 0 Å². The number of carbonyl (C=O) groups excluding carboxylic acids is 3. The Morgan fingerprint density at radius 3 is 2.50 bits per heavy atom. The van der Waals surface area contributed by atoms with E-state index in [1.807, 2.05) is 4.90 Å². The zero-order valence-electron chi connectivity index (χ0n) is 16.0. The van der Waals surface area contributed by atoms with Crippen LogP contribution in [0.3, 0.4) is 0 Å². The van der Waals surface area contributed by atoms with Gasteiger partial charge in [0.05, 0.1) is 0 Å². The standard InChI is InChI=1S/C21H26FN3O3/c22-16-7-5-15(6-8-16)14-25(17-9-10-17)18(26)4-3-13-24-19(27)21(23-20(24)28)11-1-2-12-21/h5-8,17H,1-4,9-14H2,(H,23,28). The van der Waals surface area contributed by atoms with Gasteiger partial charge < -0.3 is 10.2 Å². The van der Waals surface area contributed by atoms with E-state index in [-0.39, 0.29) is 36.2 Å². The predicted octanol–water partition coefficient (Wildman–Crippen LogP) is 2.96. The van der Waals surface area contributed by atoms with Crippen LogP contribution in [-0.4, -0.2) is 45.8 Å². The largest absolute Gasteiger partial charge is 0.335 e.